The maximum absolute atomic E-state index is 12.7. The van der Waals surface area contributed by atoms with E-state index in [-0.39, 0.29) is 17.9 Å². The van der Waals surface area contributed by atoms with Crippen molar-refractivity contribution in [1.82, 2.24) is 5.48 Å². The molecule has 0 aromatic heterocycles. The summed E-state index contributed by atoms with van der Waals surface area (Å²) in [6, 6.07) is 16.5. The molecule has 1 heterocycles. The van der Waals surface area contributed by atoms with E-state index in [1.54, 1.807) is 0 Å². The van der Waals surface area contributed by atoms with Crippen LogP contribution in [0.4, 0.5) is 5.69 Å². The zero-order valence-electron chi connectivity index (χ0n) is 11.8. The summed E-state index contributed by atoms with van der Waals surface area (Å²) in [7, 11) is 0. The van der Waals surface area contributed by atoms with Crippen molar-refractivity contribution in [3.63, 3.8) is 0 Å². The normalized spacial score (nSPS) is 28.0. The number of fused-ring (bicyclic) bond motifs is 2. The largest absolute Gasteiger partial charge is 0.477 e. The molecular weight excluding hydrogens is 280 g/mol. The Labute approximate surface area is 127 Å². The Morgan fingerprint density at radius 1 is 1.14 bits per heavy atom. The minimum absolute atomic E-state index is 0.0730. The molecule has 3 atom stereocenters. The molecule has 1 fully saturated rings. The highest BCUT2D eigenvalue weighted by Crippen LogP contribution is 2.59. The number of carbonyl (C=O) groups is 1. The van der Waals surface area contributed by atoms with Crippen LogP contribution in [0.1, 0.15) is 18.0 Å². The third-order valence-electron chi connectivity index (χ3n) is 4.47. The average Bonchev–Trinajstić information content (AvgIpc) is 3.29. The summed E-state index contributed by atoms with van der Waals surface area (Å²) in [6.07, 6.45) is 0.582. The summed E-state index contributed by atoms with van der Waals surface area (Å²) in [5, 5.41) is 12.4. The summed E-state index contributed by atoms with van der Waals surface area (Å²) in [4.78, 5) is 12.7. The number of hydrogen-bond acceptors (Lipinski definition) is 4. The lowest BCUT2D eigenvalue weighted by Crippen LogP contribution is -2.42. The number of ether oxygens (including phenoxy) is 1. The van der Waals surface area contributed by atoms with Crippen LogP contribution in [0, 0.1) is 5.92 Å². The molecule has 0 saturated heterocycles. The van der Waals surface area contributed by atoms with Gasteiger partial charge in [-0.05, 0) is 18.2 Å². The van der Waals surface area contributed by atoms with E-state index in [0.717, 1.165) is 11.3 Å². The van der Waals surface area contributed by atoms with Gasteiger partial charge >= 0.3 is 0 Å². The maximum Gasteiger partial charge on any atom is 0.268 e. The molecule has 1 aliphatic heterocycles. The van der Waals surface area contributed by atoms with E-state index < -0.39 is 5.60 Å². The number of para-hydroxylation sites is 2. The molecule has 4 rings (SSSR count). The first-order chi connectivity index (χ1) is 10.7. The highest BCUT2D eigenvalue weighted by molar-refractivity contribution is 6.00. The fraction of sp³-hybridized carbons (Fsp3) is 0.235. The molecular formula is C17H16N2O3. The first-order valence-corrected chi connectivity index (χ1v) is 7.29. The molecule has 0 radical (unpaired) electrons. The molecule has 5 heteroatoms. The Kier molecular flexibility index (Phi) is 2.92. The van der Waals surface area contributed by atoms with Crippen LogP contribution in [0.3, 0.4) is 0 Å². The third kappa shape index (κ3) is 1.90. The van der Waals surface area contributed by atoms with Crippen LogP contribution in [0.15, 0.2) is 54.6 Å². The summed E-state index contributed by atoms with van der Waals surface area (Å²) < 4.78 is 6.00. The predicted octanol–water partition coefficient (Wildman–Crippen LogP) is 2.50. The van der Waals surface area contributed by atoms with Crippen molar-refractivity contribution < 1.29 is 14.7 Å². The van der Waals surface area contributed by atoms with Gasteiger partial charge in [0.15, 0.2) is 5.60 Å². The van der Waals surface area contributed by atoms with Gasteiger partial charge in [0.05, 0.1) is 6.04 Å². The second kappa shape index (κ2) is 4.83. The number of hydrogen-bond donors (Lipinski definition) is 3. The van der Waals surface area contributed by atoms with Crippen LogP contribution in [-0.4, -0.2) is 16.7 Å². The van der Waals surface area contributed by atoms with E-state index in [1.165, 1.54) is 0 Å². The fourth-order valence-corrected chi connectivity index (χ4v) is 3.24. The monoisotopic (exact) mass is 296 g/mol. The molecule has 1 saturated carbocycles. The standard InChI is InChI=1S/C17H16N2O3/c20-16(18-11-6-2-1-3-7-11)17-10-13(17)15(19-21)12-8-4-5-9-14(12)22-17/h1-9,13,15,19,21H,10H2,(H,18,20)/t13?,15?,17-/m0/s1. The Morgan fingerprint density at radius 2 is 1.86 bits per heavy atom. The topological polar surface area (TPSA) is 70.6 Å². The van der Waals surface area contributed by atoms with Crippen molar-refractivity contribution in [2.45, 2.75) is 18.1 Å². The van der Waals surface area contributed by atoms with E-state index >= 15 is 0 Å². The summed E-state index contributed by atoms with van der Waals surface area (Å²) >= 11 is 0. The minimum atomic E-state index is -0.898. The first kappa shape index (κ1) is 13.3. The van der Waals surface area contributed by atoms with Crippen molar-refractivity contribution in [2.75, 3.05) is 5.32 Å². The highest BCUT2D eigenvalue weighted by Gasteiger charge is 2.68. The van der Waals surface area contributed by atoms with Gasteiger partial charge in [-0.25, -0.2) is 0 Å². The maximum atomic E-state index is 12.7. The molecule has 1 amide bonds. The van der Waals surface area contributed by atoms with E-state index in [2.05, 4.69) is 10.8 Å². The zero-order valence-corrected chi connectivity index (χ0v) is 11.8. The van der Waals surface area contributed by atoms with Gasteiger partial charge in [-0.3, -0.25) is 4.79 Å². The van der Waals surface area contributed by atoms with Gasteiger partial charge in [0.2, 0.25) is 0 Å². The van der Waals surface area contributed by atoms with Gasteiger partial charge in [0, 0.05) is 23.6 Å². The lowest BCUT2D eigenvalue weighted by molar-refractivity contribution is -0.126. The highest BCUT2D eigenvalue weighted by atomic mass is 16.5. The number of rotatable bonds is 3. The molecule has 2 aromatic rings. The van der Waals surface area contributed by atoms with Gasteiger partial charge < -0.3 is 15.3 Å². The van der Waals surface area contributed by atoms with E-state index in [1.807, 2.05) is 54.6 Å². The smallest absolute Gasteiger partial charge is 0.268 e. The number of amides is 1. The molecule has 0 bridgehead atoms. The number of carbonyl (C=O) groups excluding carboxylic acids is 1. The molecule has 112 valence electrons. The zero-order chi connectivity index (χ0) is 15.2. The van der Waals surface area contributed by atoms with E-state index in [0.29, 0.717) is 12.2 Å². The lowest BCUT2D eigenvalue weighted by Gasteiger charge is -2.30. The lowest BCUT2D eigenvalue weighted by atomic mass is 9.96. The van der Waals surface area contributed by atoms with Crippen LogP contribution in [0.2, 0.25) is 0 Å². The molecule has 2 aromatic carbocycles. The van der Waals surface area contributed by atoms with Crippen LogP contribution in [-0.2, 0) is 4.79 Å². The van der Waals surface area contributed by atoms with Crippen LogP contribution in [0.5, 0.6) is 5.75 Å². The quantitative estimate of drug-likeness (QED) is 0.761. The van der Waals surface area contributed by atoms with Gasteiger partial charge in [0.25, 0.3) is 5.91 Å². The van der Waals surface area contributed by atoms with Crippen molar-refractivity contribution in [1.29, 1.82) is 0 Å². The summed E-state index contributed by atoms with van der Waals surface area (Å²) in [5.74, 6) is 0.403. The van der Waals surface area contributed by atoms with E-state index in [9.17, 15) is 10.0 Å². The Balaban J connectivity index is 1.63. The van der Waals surface area contributed by atoms with Gasteiger partial charge in [-0.2, -0.15) is 5.48 Å². The molecule has 3 N–H and O–H groups in total. The summed E-state index contributed by atoms with van der Waals surface area (Å²) in [6.45, 7) is 0. The molecule has 1 aliphatic carbocycles. The first-order valence-electron chi connectivity index (χ1n) is 7.29. The number of nitrogens with one attached hydrogen (secondary N) is 2. The fourth-order valence-electron chi connectivity index (χ4n) is 3.24. The Morgan fingerprint density at radius 3 is 2.64 bits per heavy atom. The average molecular weight is 296 g/mol. The SMILES string of the molecule is O=C(Nc1ccccc1)[C@]12CC1C(NO)c1ccccc1O2. The second-order valence-corrected chi connectivity index (χ2v) is 5.77. The third-order valence-corrected chi connectivity index (χ3v) is 4.47. The van der Waals surface area contributed by atoms with Crippen molar-refractivity contribution in [2.24, 2.45) is 5.92 Å². The predicted molar refractivity (Wildman–Crippen MR) is 80.6 cm³/mol. The molecule has 0 spiro atoms. The number of hydroxylamine groups is 1. The molecule has 22 heavy (non-hydrogen) atoms. The molecule has 2 aliphatic rings. The second-order valence-electron chi connectivity index (χ2n) is 5.77. The Bertz CT molecular complexity index is 719. The van der Waals surface area contributed by atoms with Gasteiger partial charge in [-0.1, -0.05) is 36.4 Å². The molecule has 5 nitrogen and oxygen atoms in total. The van der Waals surface area contributed by atoms with Gasteiger partial charge in [0.1, 0.15) is 5.75 Å². The van der Waals surface area contributed by atoms with Crippen molar-refractivity contribution >= 4 is 11.6 Å². The van der Waals surface area contributed by atoms with Crippen molar-refractivity contribution in [3.05, 3.63) is 60.2 Å². The van der Waals surface area contributed by atoms with Crippen LogP contribution >= 0.6 is 0 Å². The number of benzene rings is 2. The van der Waals surface area contributed by atoms with Crippen molar-refractivity contribution in [3.8, 4) is 5.75 Å². The molecule has 2 unspecified atom stereocenters. The van der Waals surface area contributed by atoms with Crippen LogP contribution < -0.4 is 15.5 Å². The van der Waals surface area contributed by atoms with Crippen LogP contribution in [0.25, 0.3) is 0 Å². The number of anilines is 1. The van der Waals surface area contributed by atoms with Gasteiger partial charge in [-0.15, -0.1) is 0 Å². The minimum Gasteiger partial charge on any atom is -0.477 e. The Hall–Kier alpha value is -2.37. The summed E-state index contributed by atoms with van der Waals surface area (Å²) in [5.41, 5.74) is 3.06. The van der Waals surface area contributed by atoms with E-state index in [4.69, 9.17) is 4.74 Å².